The second-order valence-electron chi connectivity index (χ2n) is 13.5. The van der Waals surface area contributed by atoms with E-state index in [2.05, 4.69) is 40.4 Å². The van der Waals surface area contributed by atoms with E-state index < -0.39 is 36.4 Å². The smallest absolute Gasteiger partial charge is 0.326 e. The molecule has 0 aliphatic heterocycles. The minimum Gasteiger partial charge on any atom is -0.489 e. The number of nitro groups is 1. The number of hydrogen-bond donors (Lipinski definition) is 0. The van der Waals surface area contributed by atoms with Crippen LogP contribution in [0.25, 0.3) is 0 Å². The Bertz CT molecular complexity index is 1070. The predicted molar refractivity (Wildman–Crippen MR) is 165 cm³/mol. The molecule has 1 aromatic rings. The van der Waals surface area contributed by atoms with Crippen molar-refractivity contribution in [3.8, 4) is 5.75 Å². The number of rotatable bonds is 15. The van der Waals surface area contributed by atoms with Gasteiger partial charge in [0.2, 0.25) is 0 Å². The van der Waals surface area contributed by atoms with Crippen LogP contribution in [0.2, 0.25) is 18.1 Å². The third-order valence-electron chi connectivity index (χ3n) is 6.29. The third-order valence-corrected chi connectivity index (χ3v) is 10.8. The highest BCUT2D eigenvalue weighted by atomic mass is 28.4. The highest BCUT2D eigenvalue weighted by Crippen LogP contribution is 2.40. The Morgan fingerprint density at radius 3 is 1.90 bits per heavy atom. The largest absolute Gasteiger partial charge is 0.489 e. The van der Waals surface area contributed by atoms with Gasteiger partial charge in [-0.3, -0.25) is 19.7 Å². The minimum atomic E-state index is -2.28. The molecule has 0 aliphatic rings. The minimum absolute atomic E-state index is 0.0325. The lowest BCUT2D eigenvalue weighted by atomic mass is 10.1. The maximum absolute atomic E-state index is 13.0. The number of carbonyl (C=O) groups excluding carboxylic acids is 2. The first-order valence-electron chi connectivity index (χ1n) is 14.0. The number of esters is 2. The summed E-state index contributed by atoms with van der Waals surface area (Å²) in [5.41, 5.74) is -1.17. The Labute approximate surface area is 251 Å². The lowest BCUT2D eigenvalue weighted by molar-refractivity contribution is -0.385. The van der Waals surface area contributed by atoms with Gasteiger partial charge in [0.1, 0.15) is 36.6 Å². The standard InChI is InChI=1S/C30H50N2O9Si/c1-13-14-37-15-16-38-25-18-23(32(35)36)22(21-39-42(11,12)30(8,9)10)17-24(25)31(19-26(33)40-28(2,3)4)20-27(34)41-29(5,6)7/h13,17-18H,1,14-16,19-21H2,2-12H3. The summed E-state index contributed by atoms with van der Waals surface area (Å²) in [5, 5.41) is 12.0. The van der Waals surface area contributed by atoms with E-state index >= 15 is 0 Å². The van der Waals surface area contributed by atoms with Gasteiger partial charge in [0, 0.05) is 0 Å². The lowest BCUT2D eigenvalue weighted by Gasteiger charge is -2.36. The molecule has 0 amide bonds. The summed E-state index contributed by atoms with van der Waals surface area (Å²) in [6.07, 6.45) is 1.59. The van der Waals surface area contributed by atoms with E-state index in [-0.39, 0.29) is 60.6 Å². The molecular formula is C30H50N2O9Si. The molecule has 0 spiro atoms. The molecule has 0 bridgehead atoms. The van der Waals surface area contributed by atoms with Crippen LogP contribution in [-0.4, -0.2) is 69.3 Å². The molecule has 0 aromatic heterocycles. The maximum Gasteiger partial charge on any atom is 0.326 e. The quantitative estimate of drug-likeness (QED) is 0.0567. The highest BCUT2D eigenvalue weighted by Gasteiger charge is 2.38. The van der Waals surface area contributed by atoms with Crippen molar-refractivity contribution < 1.29 is 37.9 Å². The molecule has 0 saturated heterocycles. The molecule has 0 aliphatic carbocycles. The van der Waals surface area contributed by atoms with Crippen LogP contribution in [0.5, 0.6) is 5.75 Å². The van der Waals surface area contributed by atoms with Gasteiger partial charge < -0.3 is 28.3 Å². The molecular weight excluding hydrogens is 560 g/mol. The Morgan fingerprint density at radius 1 is 0.952 bits per heavy atom. The summed E-state index contributed by atoms with van der Waals surface area (Å²) in [6.45, 7) is 24.2. The van der Waals surface area contributed by atoms with Crippen LogP contribution in [-0.2, 0) is 34.8 Å². The van der Waals surface area contributed by atoms with Crippen LogP contribution in [0.3, 0.4) is 0 Å². The topological polar surface area (TPSA) is 127 Å². The monoisotopic (exact) mass is 610 g/mol. The Kier molecular flexibility index (Phi) is 13.2. The highest BCUT2D eigenvalue weighted by molar-refractivity contribution is 6.74. The number of ether oxygens (including phenoxy) is 4. The first-order chi connectivity index (χ1) is 19.1. The fourth-order valence-electron chi connectivity index (χ4n) is 3.39. The molecule has 238 valence electrons. The molecule has 0 radical (unpaired) electrons. The van der Waals surface area contributed by atoms with E-state index in [1.54, 1.807) is 53.7 Å². The number of hydrogen-bond acceptors (Lipinski definition) is 10. The molecule has 0 saturated carbocycles. The Morgan fingerprint density at radius 2 is 1.48 bits per heavy atom. The Balaban J connectivity index is 3.69. The van der Waals surface area contributed by atoms with E-state index in [1.807, 2.05) is 0 Å². The number of carbonyl (C=O) groups is 2. The van der Waals surface area contributed by atoms with Crippen molar-refractivity contribution in [3.63, 3.8) is 0 Å². The molecule has 0 fully saturated rings. The molecule has 42 heavy (non-hydrogen) atoms. The van der Waals surface area contributed by atoms with Crippen molar-refractivity contribution >= 4 is 31.6 Å². The van der Waals surface area contributed by atoms with Gasteiger partial charge in [0.25, 0.3) is 5.69 Å². The number of nitro benzene ring substituents is 1. The molecule has 0 N–H and O–H groups in total. The summed E-state index contributed by atoms with van der Waals surface area (Å²) in [6, 6.07) is 2.84. The molecule has 0 unspecified atom stereocenters. The van der Waals surface area contributed by atoms with E-state index in [4.69, 9.17) is 23.4 Å². The summed E-state index contributed by atoms with van der Waals surface area (Å²) >= 11 is 0. The fourth-order valence-corrected chi connectivity index (χ4v) is 4.34. The molecule has 1 rings (SSSR count). The van der Waals surface area contributed by atoms with Crippen LogP contribution >= 0.6 is 0 Å². The van der Waals surface area contributed by atoms with Crippen molar-refractivity contribution in [1.29, 1.82) is 0 Å². The van der Waals surface area contributed by atoms with Gasteiger partial charge in [-0.15, -0.1) is 6.58 Å². The first kappa shape index (κ1) is 37.1. The van der Waals surface area contributed by atoms with Gasteiger partial charge in [-0.05, 0) is 65.7 Å². The van der Waals surface area contributed by atoms with Gasteiger partial charge in [-0.25, -0.2) is 0 Å². The van der Waals surface area contributed by atoms with Gasteiger partial charge in [0.15, 0.2) is 8.32 Å². The van der Waals surface area contributed by atoms with Gasteiger partial charge in [-0.2, -0.15) is 0 Å². The van der Waals surface area contributed by atoms with Crippen molar-refractivity contribution in [2.45, 2.75) is 98.3 Å². The summed E-state index contributed by atoms with van der Waals surface area (Å²) in [7, 11) is -2.28. The number of benzene rings is 1. The third kappa shape index (κ3) is 12.9. The zero-order chi connectivity index (χ0) is 32.5. The number of nitrogens with zero attached hydrogens (tertiary/aromatic N) is 2. The van der Waals surface area contributed by atoms with E-state index in [0.29, 0.717) is 6.61 Å². The SMILES string of the molecule is C=CCOCCOc1cc([N+](=O)[O-])c(CO[Si](C)(C)C(C)(C)C)cc1N(CC(=O)OC(C)(C)C)CC(=O)OC(C)(C)C. The average Bonchev–Trinajstić information content (AvgIpc) is 2.79. The summed E-state index contributed by atoms with van der Waals surface area (Å²) < 4.78 is 28.7. The van der Waals surface area contributed by atoms with Crippen LogP contribution in [0.1, 0.15) is 67.9 Å². The van der Waals surface area contributed by atoms with Crippen LogP contribution < -0.4 is 9.64 Å². The van der Waals surface area contributed by atoms with E-state index in [1.165, 1.54) is 11.0 Å². The first-order valence-corrected chi connectivity index (χ1v) is 16.9. The van der Waals surface area contributed by atoms with Crippen LogP contribution in [0, 0.1) is 10.1 Å². The van der Waals surface area contributed by atoms with E-state index in [0.717, 1.165) is 0 Å². The number of anilines is 1. The second kappa shape index (κ2) is 15.0. The molecule has 0 heterocycles. The van der Waals surface area contributed by atoms with Crippen molar-refractivity contribution in [1.82, 2.24) is 0 Å². The predicted octanol–water partition coefficient (Wildman–Crippen LogP) is 6.19. The zero-order valence-electron chi connectivity index (χ0n) is 27.3. The summed E-state index contributed by atoms with van der Waals surface area (Å²) in [4.78, 5) is 39.0. The Hall–Kier alpha value is -2.96. The zero-order valence-corrected chi connectivity index (χ0v) is 28.3. The van der Waals surface area contributed by atoms with Gasteiger partial charge in [-0.1, -0.05) is 26.8 Å². The average molecular weight is 611 g/mol. The van der Waals surface area contributed by atoms with Crippen molar-refractivity contribution in [2.24, 2.45) is 0 Å². The molecule has 11 nitrogen and oxygen atoms in total. The van der Waals surface area contributed by atoms with Gasteiger partial charge in [0.05, 0.1) is 42.1 Å². The molecule has 0 atom stereocenters. The molecule has 12 heteroatoms. The maximum atomic E-state index is 13.0. The van der Waals surface area contributed by atoms with Crippen molar-refractivity contribution in [3.05, 3.63) is 40.5 Å². The van der Waals surface area contributed by atoms with E-state index in [9.17, 15) is 19.7 Å². The lowest BCUT2D eigenvalue weighted by Crippen LogP contribution is -2.41. The normalized spacial score (nSPS) is 12.5. The van der Waals surface area contributed by atoms with Crippen molar-refractivity contribution in [2.75, 3.05) is 37.8 Å². The van der Waals surface area contributed by atoms with Crippen LogP contribution in [0.4, 0.5) is 11.4 Å². The fraction of sp³-hybridized carbons (Fsp3) is 0.667. The van der Waals surface area contributed by atoms with Crippen LogP contribution in [0.15, 0.2) is 24.8 Å². The second-order valence-corrected chi connectivity index (χ2v) is 18.3. The van der Waals surface area contributed by atoms with Gasteiger partial charge >= 0.3 is 11.9 Å². The molecule has 1 aromatic carbocycles. The summed E-state index contributed by atoms with van der Waals surface area (Å²) in [5.74, 6) is -1.08.